The number of para-hydroxylation sites is 1. The number of aryl methyl sites for hydroxylation is 1. The van der Waals surface area contributed by atoms with E-state index in [1.165, 1.54) is 18.2 Å². The number of benzene rings is 2. The highest BCUT2D eigenvalue weighted by atomic mass is 32.2. The number of hydrogen-bond acceptors (Lipinski definition) is 5. The molecule has 2 fully saturated rings. The Morgan fingerprint density at radius 2 is 1.79 bits per heavy atom. The Morgan fingerprint density at radius 3 is 2.49 bits per heavy atom. The van der Waals surface area contributed by atoms with Crippen molar-refractivity contribution in [3.8, 4) is 5.69 Å². The van der Waals surface area contributed by atoms with E-state index in [2.05, 4.69) is 31.4 Å². The van der Waals surface area contributed by atoms with E-state index in [0.717, 1.165) is 52.8 Å². The number of thioether (sulfide) groups is 1. The number of carbonyl (C=O) groups is 2. The van der Waals surface area contributed by atoms with Crippen molar-refractivity contribution >= 4 is 40.6 Å². The number of ether oxygens (including phenoxy) is 1. The van der Waals surface area contributed by atoms with Crippen molar-refractivity contribution in [1.29, 1.82) is 0 Å². The molecule has 7 heteroatoms. The lowest BCUT2D eigenvalue weighted by molar-refractivity contribution is -0.124. The molecule has 1 aliphatic heterocycles. The van der Waals surface area contributed by atoms with Gasteiger partial charge >= 0.3 is 5.97 Å². The topological polar surface area (TPSA) is 63.9 Å². The van der Waals surface area contributed by atoms with Crippen LogP contribution in [0.5, 0.6) is 0 Å². The van der Waals surface area contributed by atoms with Gasteiger partial charge < -0.3 is 9.30 Å². The van der Waals surface area contributed by atoms with Crippen molar-refractivity contribution in [2.45, 2.75) is 59.4 Å². The summed E-state index contributed by atoms with van der Waals surface area (Å²) in [5.74, 6) is 0.153. The third-order valence-corrected chi connectivity index (χ3v) is 8.59. The second kappa shape index (κ2) is 11.7. The summed E-state index contributed by atoms with van der Waals surface area (Å²) in [5.41, 5.74) is 5.41. The average molecular weight is 542 g/mol. The lowest BCUT2D eigenvalue weighted by Crippen LogP contribution is -2.44. The van der Waals surface area contributed by atoms with Gasteiger partial charge in [-0.05, 0) is 105 Å². The van der Waals surface area contributed by atoms with E-state index >= 15 is 0 Å². The number of rotatable bonds is 6. The summed E-state index contributed by atoms with van der Waals surface area (Å²) in [4.78, 5) is 33.5. The van der Waals surface area contributed by atoms with Crippen molar-refractivity contribution in [2.24, 2.45) is 10.9 Å². The Bertz CT molecular complexity index is 1420. The molecular weight excluding hydrogens is 506 g/mol. The molecule has 6 nitrogen and oxygen atoms in total. The SMILES string of the molecule is CCOC(=O)c1ccc(-n2c(C)cc(/C=C3\SC(=Nc4ccccc4)N([C@@H]4CCCC[C@H]4C)C3=O)c2C)cc1. The van der Waals surface area contributed by atoms with Gasteiger partial charge in [0, 0.05) is 23.1 Å². The van der Waals surface area contributed by atoms with Crippen LogP contribution in [0.15, 0.2) is 70.6 Å². The number of carbonyl (C=O) groups excluding carboxylic acids is 2. The van der Waals surface area contributed by atoms with Crippen molar-refractivity contribution in [2.75, 3.05) is 6.61 Å². The first-order valence-corrected chi connectivity index (χ1v) is 14.5. The van der Waals surface area contributed by atoms with Gasteiger partial charge in [0.2, 0.25) is 0 Å². The summed E-state index contributed by atoms with van der Waals surface area (Å²) >= 11 is 1.47. The van der Waals surface area contributed by atoms with Gasteiger partial charge in [-0.1, -0.05) is 38.0 Å². The molecule has 2 aliphatic rings. The van der Waals surface area contributed by atoms with E-state index in [-0.39, 0.29) is 17.9 Å². The molecule has 3 aromatic rings. The average Bonchev–Trinajstić information content (AvgIpc) is 3.39. The van der Waals surface area contributed by atoms with E-state index in [1.807, 2.05) is 53.4 Å². The standard InChI is InChI=1S/C32H35N3O3S/c1-5-38-31(37)24-15-17-27(18-16-24)34-22(3)19-25(23(34)4)20-29-30(36)35(28-14-10-9-11-21(28)2)32(39-29)33-26-12-7-6-8-13-26/h6-8,12-13,15-21,28H,5,9-11,14H2,1-4H3/b29-20-,33-32?/t21-,28-/m1/s1. The first kappa shape index (κ1) is 27.0. The molecule has 0 unspecified atom stereocenters. The molecule has 1 amide bonds. The normalized spacial score (nSPS) is 21.6. The van der Waals surface area contributed by atoms with Crippen LogP contribution in [0.3, 0.4) is 0 Å². The van der Waals surface area contributed by atoms with Gasteiger partial charge in [-0.15, -0.1) is 0 Å². The predicted octanol–water partition coefficient (Wildman–Crippen LogP) is 7.45. The van der Waals surface area contributed by atoms with Crippen molar-refractivity contribution in [3.63, 3.8) is 0 Å². The Labute approximate surface area is 234 Å². The third kappa shape index (κ3) is 5.59. The van der Waals surface area contributed by atoms with Crippen LogP contribution in [0.25, 0.3) is 11.8 Å². The lowest BCUT2D eigenvalue weighted by atomic mass is 9.85. The van der Waals surface area contributed by atoms with E-state index < -0.39 is 0 Å². The number of amides is 1. The Balaban J connectivity index is 1.48. The van der Waals surface area contributed by atoms with Crippen LogP contribution in [0.2, 0.25) is 0 Å². The molecule has 0 N–H and O–H groups in total. The lowest BCUT2D eigenvalue weighted by Gasteiger charge is -2.35. The fraction of sp³-hybridized carbons (Fsp3) is 0.344. The van der Waals surface area contributed by atoms with E-state index in [4.69, 9.17) is 9.73 Å². The monoisotopic (exact) mass is 541 g/mol. The summed E-state index contributed by atoms with van der Waals surface area (Å²) in [6.45, 7) is 8.51. The molecule has 1 aromatic heterocycles. The van der Waals surface area contributed by atoms with Gasteiger partial charge in [0.05, 0.1) is 22.8 Å². The van der Waals surface area contributed by atoms with Crippen LogP contribution < -0.4 is 0 Å². The smallest absolute Gasteiger partial charge is 0.338 e. The molecule has 2 heterocycles. The summed E-state index contributed by atoms with van der Waals surface area (Å²) in [7, 11) is 0. The summed E-state index contributed by atoms with van der Waals surface area (Å²) in [6, 6.07) is 19.6. The zero-order chi connectivity index (χ0) is 27.5. The summed E-state index contributed by atoms with van der Waals surface area (Å²) in [6.07, 6.45) is 6.50. The molecule has 1 aliphatic carbocycles. The number of amidine groups is 1. The third-order valence-electron chi connectivity index (χ3n) is 7.61. The van der Waals surface area contributed by atoms with Gasteiger partial charge in [0.15, 0.2) is 5.17 Å². The maximum atomic E-state index is 13.9. The van der Waals surface area contributed by atoms with Crippen molar-refractivity contribution < 1.29 is 14.3 Å². The highest BCUT2D eigenvalue weighted by Gasteiger charge is 2.41. The largest absolute Gasteiger partial charge is 0.462 e. The molecule has 0 radical (unpaired) electrons. The highest BCUT2D eigenvalue weighted by molar-refractivity contribution is 8.18. The van der Waals surface area contributed by atoms with Crippen LogP contribution in [0, 0.1) is 19.8 Å². The Morgan fingerprint density at radius 1 is 1.08 bits per heavy atom. The minimum Gasteiger partial charge on any atom is -0.462 e. The molecular formula is C32H35N3O3S. The van der Waals surface area contributed by atoms with Crippen molar-refractivity contribution in [1.82, 2.24) is 9.47 Å². The zero-order valence-corrected chi connectivity index (χ0v) is 23.8. The van der Waals surface area contributed by atoms with Crippen LogP contribution in [-0.2, 0) is 9.53 Å². The maximum Gasteiger partial charge on any atom is 0.338 e. The fourth-order valence-electron chi connectivity index (χ4n) is 5.58. The Hall–Kier alpha value is -3.58. The summed E-state index contributed by atoms with van der Waals surface area (Å²) < 4.78 is 7.26. The van der Waals surface area contributed by atoms with Gasteiger partial charge in [0.1, 0.15) is 0 Å². The maximum absolute atomic E-state index is 13.9. The van der Waals surface area contributed by atoms with Gasteiger partial charge in [-0.25, -0.2) is 9.79 Å². The first-order chi connectivity index (χ1) is 18.9. The molecule has 0 bridgehead atoms. The predicted molar refractivity (Wildman–Crippen MR) is 159 cm³/mol. The van der Waals surface area contributed by atoms with Gasteiger partial charge in [-0.2, -0.15) is 0 Å². The molecule has 2 atom stereocenters. The van der Waals surface area contributed by atoms with E-state index in [1.54, 1.807) is 19.1 Å². The number of esters is 1. The van der Waals surface area contributed by atoms with Gasteiger partial charge in [-0.3, -0.25) is 9.69 Å². The molecule has 2 aromatic carbocycles. The van der Waals surface area contributed by atoms with Crippen molar-refractivity contribution in [3.05, 3.63) is 88.1 Å². The Kier molecular flexibility index (Phi) is 8.07. The van der Waals surface area contributed by atoms with Crippen LogP contribution in [0.4, 0.5) is 5.69 Å². The van der Waals surface area contributed by atoms with E-state index in [9.17, 15) is 9.59 Å². The second-order valence-corrected chi connectivity index (χ2v) is 11.3. The number of nitrogens with zero attached hydrogens (tertiary/aromatic N) is 3. The number of hydrogen-bond donors (Lipinski definition) is 0. The molecule has 1 saturated carbocycles. The first-order valence-electron chi connectivity index (χ1n) is 13.7. The second-order valence-electron chi connectivity index (χ2n) is 10.3. The molecule has 202 valence electrons. The van der Waals surface area contributed by atoms with Crippen LogP contribution in [0.1, 0.15) is 66.8 Å². The van der Waals surface area contributed by atoms with Gasteiger partial charge in [0.25, 0.3) is 5.91 Å². The molecule has 39 heavy (non-hydrogen) atoms. The molecule has 1 saturated heterocycles. The van der Waals surface area contributed by atoms with Crippen LogP contribution >= 0.6 is 11.8 Å². The number of aromatic nitrogens is 1. The zero-order valence-electron chi connectivity index (χ0n) is 23.0. The summed E-state index contributed by atoms with van der Waals surface area (Å²) in [5, 5.41) is 0.763. The van der Waals surface area contributed by atoms with E-state index in [0.29, 0.717) is 23.0 Å². The minimum atomic E-state index is -0.322. The fourth-order valence-corrected chi connectivity index (χ4v) is 6.62. The molecule has 5 rings (SSSR count). The minimum absolute atomic E-state index is 0.0389. The highest BCUT2D eigenvalue weighted by Crippen LogP contribution is 2.40. The van der Waals surface area contributed by atoms with Crippen LogP contribution in [-0.4, -0.2) is 39.2 Å². The molecule has 0 spiro atoms. The quantitative estimate of drug-likeness (QED) is 0.240. The number of aliphatic imine (C=N–C) groups is 1.